The largest absolute Gasteiger partial charge is 0.463 e. The molecule has 0 saturated carbocycles. The number of esters is 1. The van der Waals surface area contributed by atoms with Gasteiger partial charge in [0.05, 0.1) is 13.2 Å². The summed E-state index contributed by atoms with van der Waals surface area (Å²) in [7, 11) is 0. The van der Waals surface area contributed by atoms with Gasteiger partial charge in [0.15, 0.2) is 0 Å². The van der Waals surface area contributed by atoms with Gasteiger partial charge in [0, 0.05) is 24.4 Å². The monoisotopic (exact) mass is 222 g/mol. The molecule has 4 nitrogen and oxygen atoms in total. The van der Waals surface area contributed by atoms with Crippen LogP contribution in [0.2, 0.25) is 0 Å². The van der Waals surface area contributed by atoms with Crippen LogP contribution in [0.25, 0.3) is 0 Å². The third kappa shape index (κ3) is 3.22. The Labute approximate surface area is 95.9 Å². The van der Waals surface area contributed by atoms with Crippen molar-refractivity contribution in [1.82, 2.24) is 9.55 Å². The summed E-state index contributed by atoms with van der Waals surface area (Å²) in [5.41, 5.74) is 0.456. The highest BCUT2D eigenvalue weighted by molar-refractivity contribution is 5.87. The third-order valence-corrected chi connectivity index (χ3v) is 2.20. The Kier molecular flexibility index (Phi) is 4.76. The normalized spacial score (nSPS) is 10.1. The predicted molar refractivity (Wildman–Crippen MR) is 62.0 cm³/mol. The van der Waals surface area contributed by atoms with Crippen LogP contribution in [-0.2, 0) is 22.5 Å². The first-order valence-electron chi connectivity index (χ1n) is 5.53. The first-order chi connectivity index (χ1) is 7.69. The maximum Gasteiger partial charge on any atom is 0.335 e. The van der Waals surface area contributed by atoms with E-state index in [2.05, 4.69) is 18.5 Å². The van der Waals surface area contributed by atoms with Crippen LogP contribution >= 0.6 is 0 Å². The molecule has 0 N–H and O–H groups in total. The van der Waals surface area contributed by atoms with Crippen molar-refractivity contribution in [2.45, 2.75) is 33.2 Å². The van der Waals surface area contributed by atoms with Crippen LogP contribution < -0.4 is 0 Å². The summed E-state index contributed by atoms with van der Waals surface area (Å²) >= 11 is 0. The highest BCUT2D eigenvalue weighted by Gasteiger charge is 2.10. The first kappa shape index (κ1) is 12.5. The van der Waals surface area contributed by atoms with Gasteiger partial charge >= 0.3 is 5.97 Å². The molecule has 0 radical (unpaired) electrons. The summed E-state index contributed by atoms with van der Waals surface area (Å²) in [6, 6.07) is 0. The van der Waals surface area contributed by atoms with E-state index in [1.165, 1.54) is 0 Å². The number of aryl methyl sites for hydroxylation is 1. The number of aromatic nitrogens is 2. The minimum Gasteiger partial charge on any atom is -0.463 e. The minimum atomic E-state index is -0.335. The summed E-state index contributed by atoms with van der Waals surface area (Å²) < 4.78 is 6.81. The number of carbonyl (C=O) groups is 1. The third-order valence-electron chi connectivity index (χ3n) is 2.20. The molecule has 0 aromatic carbocycles. The molecule has 1 rings (SSSR count). The van der Waals surface area contributed by atoms with Gasteiger partial charge in [-0.05, 0) is 13.3 Å². The molecule has 0 saturated heterocycles. The molecule has 0 amide bonds. The fourth-order valence-electron chi connectivity index (χ4n) is 1.44. The second kappa shape index (κ2) is 6.10. The molecule has 0 unspecified atom stereocenters. The molecule has 0 spiro atoms. The van der Waals surface area contributed by atoms with Gasteiger partial charge in [-0.1, -0.05) is 13.5 Å². The fraction of sp³-hybridized carbons (Fsp3) is 0.500. The van der Waals surface area contributed by atoms with E-state index in [1.54, 1.807) is 13.1 Å². The van der Waals surface area contributed by atoms with Gasteiger partial charge in [-0.25, -0.2) is 9.78 Å². The Balaban J connectivity index is 2.62. The molecule has 0 aliphatic heterocycles. The SMILES string of the molecule is C=C(Cn1ccnc1CCC)C(=O)OCC. The lowest BCUT2D eigenvalue weighted by Crippen LogP contribution is -2.13. The predicted octanol–water partition coefficient (Wildman–Crippen LogP) is 1.95. The average molecular weight is 222 g/mol. The van der Waals surface area contributed by atoms with E-state index in [4.69, 9.17) is 4.74 Å². The van der Waals surface area contributed by atoms with Crippen LogP contribution in [0.1, 0.15) is 26.1 Å². The zero-order chi connectivity index (χ0) is 12.0. The quantitative estimate of drug-likeness (QED) is 0.546. The van der Waals surface area contributed by atoms with Crippen molar-refractivity contribution in [3.63, 3.8) is 0 Å². The molecule has 16 heavy (non-hydrogen) atoms. The molecular weight excluding hydrogens is 204 g/mol. The second-order valence-electron chi connectivity index (χ2n) is 3.55. The molecule has 0 atom stereocenters. The van der Waals surface area contributed by atoms with Gasteiger partial charge < -0.3 is 9.30 Å². The minimum absolute atomic E-state index is 0.335. The lowest BCUT2D eigenvalue weighted by atomic mass is 10.3. The number of hydrogen-bond acceptors (Lipinski definition) is 3. The summed E-state index contributed by atoms with van der Waals surface area (Å²) in [5.74, 6) is 0.645. The van der Waals surface area contributed by atoms with Crippen molar-refractivity contribution in [1.29, 1.82) is 0 Å². The van der Waals surface area contributed by atoms with Crippen molar-refractivity contribution < 1.29 is 9.53 Å². The molecule has 0 bridgehead atoms. The summed E-state index contributed by atoms with van der Waals surface area (Å²) in [5, 5.41) is 0. The molecule has 0 fully saturated rings. The van der Waals surface area contributed by atoms with Crippen molar-refractivity contribution in [3.8, 4) is 0 Å². The number of imidazole rings is 1. The Morgan fingerprint density at radius 2 is 2.31 bits per heavy atom. The zero-order valence-electron chi connectivity index (χ0n) is 9.90. The Morgan fingerprint density at radius 3 is 2.94 bits per heavy atom. The summed E-state index contributed by atoms with van der Waals surface area (Å²) in [6.07, 6.45) is 5.53. The molecule has 88 valence electrons. The highest BCUT2D eigenvalue weighted by Crippen LogP contribution is 2.06. The second-order valence-corrected chi connectivity index (χ2v) is 3.55. The van der Waals surface area contributed by atoms with Crippen LogP contribution in [0.3, 0.4) is 0 Å². The van der Waals surface area contributed by atoms with Crippen LogP contribution in [0, 0.1) is 0 Å². The van der Waals surface area contributed by atoms with Gasteiger partial charge in [-0.3, -0.25) is 0 Å². The number of hydrogen-bond donors (Lipinski definition) is 0. The van der Waals surface area contributed by atoms with Crippen molar-refractivity contribution in [2.75, 3.05) is 6.61 Å². The van der Waals surface area contributed by atoms with E-state index >= 15 is 0 Å². The van der Waals surface area contributed by atoms with Crippen LogP contribution in [0.5, 0.6) is 0 Å². The van der Waals surface area contributed by atoms with E-state index in [0.717, 1.165) is 18.7 Å². The Morgan fingerprint density at radius 1 is 1.56 bits per heavy atom. The molecule has 1 aromatic rings. The smallest absolute Gasteiger partial charge is 0.335 e. The maximum atomic E-state index is 11.4. The fourth-order valence-corrected chi connectivity index (χ4v) is 1.44. The molecule has 4 heteroatoms. The Hall–Kier alpha value is -1.58. The van der Waals surface area contributed by atoms with E-state index < -0.39 is 0 Å². The zero-order valence-corrected chi connectivity index (χ0v) is 9.90. The van der Waals surface area contributed by atoms with Gasteiger partial charge in [0.25, 0.3) is 0 Å². The van der Waals surface area contributed by atoms with Gasteiger partial charge in [-0.15, -0.1) is 0 Å². The van der Waals surface area contributed by atoms with E-state index in [1.807, 2.05) is 10.8 Å². The highest BCUT2D eigenvalue weighted by atomic mass is 16.5. The number of rotatable bonds is 6. The van der Waals surface area contributed by atoms with Crippen molar-refractivity contribution in [2.24, 2.45) is 0 Å². The topological polar surface area (TPSA) is 44.1 Å². The van der Waals surface area contributed by atoms with Crippen LogP contribution in [0.15, 0.2) is 24.5 Å². The van der Waals surface area contributed by atoms with Gasteiger partial charge in [0.1, 0.15) is 5.82 Å². The Bertz CT molecular complexity index is 369. The number of ether oxygens (including phenoxy) is 1. The molecule has 0 aliphatic carbocycles. The maximum absolute atomic E-state index is 11.4. The van der Waals surface area contributed by atoms with Crippen LogP contribution in [0.4, 0.5) is 0 Å². The number of carbonyl (C=O) groups excluding carboxylic acids is 1. The summed E-state index contributed by atoms with van der Waals surface area (Å²) in [6.45, 7) is 8.44. The van der Waals surface area contributed by atoms with E-state index in [9.17, 15) is 4.79 Å². The average Bonchev–Trinajstić information content (AvgIpc) is 2.67. The molecule has 1 aromatic heterocycles. The lowest BCUT2D eigenvalue weighted by molar-refractivity contribution is -0.138. The number of nitrogens with zero attached hydrogens (tertiary/aromatic N) is 2. The van der Waals surface area contributed by atoms with Gasteiger partial charge in [-0.2, -0.15) is 0 Å². The lowest BCUT2D eigenvalue weighted by Gasteiger charge is -2.08. The van der Waals surface area contributed by atoms with E-state index in [0.29, 0.717) is 18.7 Å². The van der Waals surface area contributed by atoms with Crippen molar-refractivity contribution >= 4 is 5.97 Å². The van der Waals surface area contributed by atoms with Crippen molar-refractivity contribution in [3.05, 3.63) is 30.4 Å². The van der Waals surface area contributed by atoms with Crippen LogP contribution in [-0.4, -0.2) is 22.1 Å². The standard InChI is InChI=1S/C12H18N2O2/c1-4-6-11-13-7-8-14(11)9-10(3)12(15)16-5-2/h7-8H,3-6,9H2,1-2H3. The van der Waals surface area contributed by atoms with Gasteiger partial charge in [0.2, 0.25) is 0 Å². The molecule has 0 aliphatic rings. The molecular formula is C12H18N2O2. The summed E-state index contributed by atoms with van der Waals surface area (Å²) in [4.78, 5) is 15.6. The van der Waals surface area contributed by atoms with E-state index in [-0.39, 0.29) is 5.97 Å². The first-order valence-corrected chi connectivity index (χ1v) is 5.53. The molecule has 1 heterocycles.